The van der Waals surface area contributed by atoms with Gasteiger partial charge in [0.1, 0.15) is 6.10 Å². The van der Waals surface area contributed by atoms with Crippen LogP contribution in [0.15, 0.2) is 22.7 Å². The first kappa shape index (κ1) is 13.1. The van der Waals surface area contributed by atoms with Crippen LogP contribution in [0.2, 0.25) is 0 Å². The summed E-state index contributed by atoms with van der Waals surface area (Å²) in [6, 6.07) is 6.23. The normalized spacial score (nSPS) is 15.5. The number of methoxy groups -OCH3 is 1. The highest BCUT2D eigenvalue weighted by Gasteiger charge is 2.18. The molecular weight excluding hydrogens is 254 g/mol. The van der Waals surface area contributed by atoms with Crippen molar-refractivity contribution in [2.24, 2.45) is 0 Å². The standard InChI is InChI=1S/C15H19N3O2/c1-3-13(19-2)14-17-15(20-18-14)11-6-7-12-10(9-11)5-4-8-16-12/h6-7,9,13,16H,3-5,8H2,1-2H3. The van der Waals surface area contributed by atoms with Gasteiger partial charge in [0, 0.05) is 24.9 Å². The summed E-state index contributed by atoms with van der Waals surface area (Å²) in [6.45, 7) is 3.08. The Morgan fingerprint density at radius 1 is 1.45 bits per heavy atom. The Morgan fingerprint density at radius 3 is 3.15 bits per heavy atom. The van der Waals surface area contributed by atoms with E-state index in [1.54, 1.807) is 7.11 Å². The molecule has 3 rings (SSSR count). The highest BCUT2D eigenvalue weighted by Crippen LogP contribution is 2.28. The molecule has 2 aromatic rings. The van der Waals surface area contributed by atoms with Gasteiger partial charge in [0.2, 0.25) is 5.82 Å². The van der Waals surface area contributed by atoms with Crippen molar-refractivity contribution in [1.29, 1.82) is 0 Å². The number of anilines is 1. The van der Waals surface area contributed by atoms with E-state index in [1.807, 2.05) is 13.0 Å². The molecule has 2 heterocycles. The monoisotopic (exact) mass is 273 g/mol. The summed E-state index contributed by atoms with van der Waals surface area (Å²) in [5, 5.41) is 7.42. The van der Waals surface area contributed by atoms with Crippen LogP contribution in [0, 0.1) is 0 Å². The molecular formula is C15H19N3O2. The van der Waals surface area contributed by atoms with Crippen LogP contribution in [-0.2, 0) is 11.2 Å². The number of hydrogen-bond acceptors (Lipinski definition) is 5. The molecule has 0 bridgehead atoms. The maximum absolute atomic E-state index is 5.36. The fraction of sp³-hybridized carbons (Fsp3) is 0.467. The number of benzene rings is 1. The van der Waals surface area contributed by atoms with Gasteiger partial charge in [0.05, 0.1) is 0 Å². The first-order chi connectivity index (χ1) is 9.81. The average Bonchev–Trinajstić information content (AvgIpc) is 2.98. The minimum Gasteiger partial charge on any atom is -0.385 e. The summed E-state index contributed by atoms with van der Waals surface area (Å²) in [4.78, 5) is 4.45. The Hall–Kier alpha value is -1.88. The predicted octanol–water partition coefficient (Wildman–Crippen LogP) is 3.19. The number of rotatable bonds is 4. The van der Waals surface area contributed by atoms with Gasteiger partial charge in [-0.15, -0.1) is 0 Å². The molecule has 1 unspecified atom stereocenters. The number of hydrogen-bond donors (Lipinski definition) is 1. The van der Waals surface area contributed by atoms with Gasteiger partial charge < -0.3 is 14.6 Å². The Kier molecular flexibility index (Phi) is 3.69. The molecule has 0 radical (unpaired) electrons. The van der Waals surface area contributed by atoms with Crippen LogP contribution >= 0.6 is 0 Å². The van der Waals surface area contributed by atoms with Crippen molar-refractivity contribution in [3.05, 3.63) is 29.6 Å². The first-order valence-corrected chi connectivity index (χ1v) is 7.05. The van der Waals surface area contributed by atoms with Crippen molar-refractivity contribution in [2.45, 2.75) is 32.3 Å². The molecule has 5 nitrogen and oxygen atoms in total. The van der Waals surface area contributed by atoms with Crippen LogP contribution in [0.4, 0.5) is 5.69 Å². The van der Waals surface area contributed by atoms with Gasteiger partial charge in [-0.05, 0) is 43.0 Å². The molecule has 0 saturated heterocycles. The van der Waals surface area contributed by atoms with E-state index >= 15 is 0 Å². The molecule has 1 N–H and O–H groups in total. The maximum atomic E-state index is 5.36. The summed E-state index contributed by atoms with van der Waals surface area (Å²) >= 11 is 0. The van der Waals surface area contributed by atoms with E-state index in [2.05, 4.69) is 27.6 Å². The Balaban J connectivity index is 1.89. The molecule has 0 aliphatic carbocycles. The van der Waals surface area contributed by atoms with E-state index in [-0.39, 0.29) is 6.10 Å². The lowest BCUT2D eigenvalue weighted by Gasteiger charge is -2.17. The third-order valence-corrected chi connectivity index (χ3v) is 3.68. The molecule has 0 saturated carbocycles. The Bertz CT molecular complexity index is 591. The van der Waals surface area contributed by atoms with Gasteiger partial charge in [0.15, 0.2) is 0 Å². The van der Waals surface area contributed by atoms with Gasteiger partial charge in [-0.25, -0.2) is 0 Å². The Labute approximate surface area is 118 Å². The van der Waals surface area contributed by atoms with E-state index in [0.29, 0.717) is 11.7 Å². The fourth-order valence-corrected chi connectivity index (χ4v) is 2.55. The molecule has 1 aromatic carbocycles. The molecule has 0 amide bonds. The molecule has 1 aliphatic rings. The van der Waals surface area contributed by atoms with Crippen molar-refractivity contribution < 1.29 is 9.26 Å². The summed E-state index contributed by atoms with van der Waals surface area (Å²) < 4.78 is 10.7. The highest BCUT2D eigenvalue weighted by molar-refractivity contribution is 5.63. The second-order valence-electron chi connectivity index (χ2n) is 4.99. The smallest absolute Gasteiger partial charge is 0.258 e. The summed E-state index contributed by atoms with van der Waals surface area (Å²) in [5.74, 6) is 1.17. The lowest BCUT2D eigenvalue weighted by Crippen LogP contribution is -2.11. The van der Waals surface area contributed by atoms with Crippen LogP contribution in [0.5, 0.6) is 0 Å². The van der Waals surface area contributed by atoms with Gasteiger partial charge in [-0.2, -0.15) is 4.98 Å². The summed E-state index contributed by atoms with van der Waals surface area (Å²) in [7, 11) is 1.66. The van der Waals surface area contributed by atoms with Crippen molar-refractivity contribution in [3.63, 3.8) is 0 Å². The highest BCUT2D eigenvalue weighted by atomic mass is 16.5. The molecule has 1 aromatic heterocycles. The fourth-order valence-electron chi connectivity index (χ4n) is 2.55. The molecule has 0 spiro atoms. The largest absolute Gasteiger partial charge is 0.385 e. The quantitative estimate of drug-likeness (QED) is 0.927. The number of ether oxygens (including phenoxy) is 1. The van der Waals surface area contributed by atoms with Gasteiger partial charge in [-0.1, -0.05) is 12.1 Å². The van der Waals surface area contributed by atoms with E-state index in [9.17, 15) is 0 Å². The SMILES string of the molecule is CCC(OC)c1noc(-c2ccc3c(c2)CCCN3)n1. The van der Waals surface area contributed by atoms with Gasteiger partial charge in [-0.3, -0.25) is 0 Å². The minimum absolute atomic E-state index is 0.105. The van der Waals surface area contributed by atoms with Crippen molar-refractivity contribution in [3.8, 4) is 11.5 Å². The van der Waals surface area contributed by atoms with Crippen LogP contribution < -0.4 is 5.32 Å². The van der Waals surface area contributed by atoms with Crippen LogP contribution in [0.1, 0.15) is 37.3 Å². The van der Waals surface area contributed by atoms with Crippen LogP contribution in [0.3, 0.4) is 0 Å². The molecule has 20 heavy (non-hydrogen) atoms. The third-order valence-electron chi connectivity index (χ3n) is 3.68. The van der Waals surface area contributed by atoms with Crippen LogP contribution in [-0.4, -0.2) is 23.8 Å². The van der Waals surface area contributed by atoms with Crippen molar-refractivity contribution >= 4 is 5.69 Å². The molecule has 0 fully saturated rings. The number of nitrogens with one attached hydrogen (secondary N) is 1. The van der Waals surface area contributed by atoms with E-state index in [0.717, 1.165) is 31.4 Å². The van der Waals surface area contributed by atoms with E-state index < -0.39 is 0 Å². The number of fused-ring (bicyclic) bond motifs is 1. The zero-order valence-electron chi connectivity index (χ0n) is 11.8. The lowest BCUT2D eigenvalue weighted by atomic mass is 10.0. The first-order valence-electron chi connectivity index (χ1n) is 7.05. The topological polar surface area (TPSA) is 60.2 Å². The van der Waals surface area contributed by atoms with Crippen molar-refractivity contribution in [2.75, 3.05) is 19.0 Å². The van der Waals surface area contributed by atoms with Crippen molar-refractivity contribution in [1.82, 2.24) is 10.1 Å². The number of aryl methyl sites for hydroxylation is 1. The maximum Gasteiger partial charge on any atom is 0.258 e. The molecule has 106 valence electrons. The zero-order valence-corrected chi connectivity index (χ0v) is 11.8. The predicted molar refractivity (Wildman–Crippen MR) is 76.6 cm³/mol. The molecule has 5 heteroatoms. The molecule has 1 atom stereocenters. The minimum atomic E-state index is -0.105. The molecule has 1 aliphatic heterocycles. The number of nitrogens with zero attached hydrogens (tertiary/aromatic N) is 2. The summed E-state index contributed by atoms with van der Waals surface area (Å²) in [5.41, 5.74) is 3.49. The second kappa shape index (κ2) is 5.63. The summed E-state index contributed by atoms with van der Waals surface area (Å²) in [6.07, 6.45) is 2.97. The van der Waals surface area contributed by atoms with E-state index in [4.69, 9.17) is 9.26 Å². The zero-order chi connectivity index (χ0) is 13.9. The third kappa shape index (κ3) is 2.41. The average molecular weight is 273 g/mol. The second-order valence-corrected chi connectivity index (χ2v) is 4.99. The van der Waals surface area contributed by atoms with Gasteiger partial charge >= 0.3 is 0 Å². The Morgan fingerprint density at radius 2 is 2.35 bits per heavy atom. The lowest BCUT2D eigenvalue weighted by molar-refractivity contribution is 0.0903. The number of aromatic nitrogens is 2. The van der Waals surface area contributed by atoms with E-state index in [1.165, 1.54) is 11.3 Å². The van der Waals surface area contributed by atoms with Gasteiger partial charge in [0.25, 0.3) is 5.89 Å². The van der Waals surface area contributed by atoms with Crippen LogP contribution in [0.25, 0.3) is 11.5 Å².